The molecule has 0 rings (SSSR count). The van der Waals surface area contributed by atoms with Gasteiger partial charge in [0.25, 0.3) is 0 Å². The molecule has 0 aromatic rings. The van der Waals surface area contributed by atoms with Gasteiger partial charge in [-0.3, -0.25) is 0 Å². The Kier molecular flexibility index (Phi) is 21.0. The van der Waals surface area contributed by atoms with Crippen LogP contribution in [0.25, 0.3) is 0 Å². The summed E-state index contributed by atoms with van der Waals surface area (Å²) in [5.74, 6) is -3.25. The average molecular weight is 353 g/mol. The van der Waals surface area contributed by atoms with Gasteiger partial charge in [-0.2, -0.15) is 0 Å². The summed E-state index contributed by atoms with van der Waals surface area (Å²) in [4.78, 5) is 37.2. The zero-order valence-corrected chi connectivity index (χ0v) is 14.3. The van der Waals surface area contributed by atoms with Gasteiger partial charge in [0.05, 0.1) is 0 Å². The van der Waals surface area contributed by atoms with Gasteiger partial charge in [-0.15, -0.1) is 0 Å². The van der Waals surface area contributed by atoms with Crippen molar-refractivity contribution in [2.45, 2.75) is 41.5 Å². The van der Waals surface area contributed by atoms with Crippen molar-refractivity contribution in [1.82, 2.24) is 0 Å². The van der Waals surface area contributed by atoms with Crippen LogP contribution in [0.4, 0.5) is 0 Å². The van der Waals surface area contributed by atoms with E-state index in [1.54, 1.807) is 0 Å². The quantitative estimate of drug-likeness (QED) is 0.464. The van der Waals surface area contributed by atoms with E-state index in [1.807, 2.05) is 20.8 Å². The monoisotopic (exact) mass is 352 g/mol. The maximum absolute atomic E-state index is 10.5. The first-order chi connectivity index (χ1) is 8.14. The molecule has 0 radical (unpaired) electrons. The number of carboxylic acid groups (broad SMARTS) is 3. The third kappa shape index (κ3) is 154. The van der Waals surface area contributed by atoms with Gasteiger partial charge in [0.1, 0.15) is 0 Å². The number of carbonyl (C=O) groups excluding carboxylic acids is 4. The van der Waals surface area contributed by atoms with Crippen LogP contribution in [0.2, 0.25) is 0 Å². The molecule has 0 aliphatic heterocycles. The molecule has 0 fully saturated rings. The van der Waals surface area contributed by atoms with Crippen molar-refractivity contribution >= 4 is 21.4 Å². The fourth-order valence-electron chi connectivity index (χ4n) is 0. The topological polar surface area (TPSA) is 137 Å². The molecule has 0 saturated carbocycles. The van der Waals surface area contributed by atoms with E-state index in [9.17, 15) is 4.79 Å². The normalized spacial score (nSPS) is 8.21. The van der Waals surface area contributed by atoms with Crippen molar-refractivity contribution in [3.05, 3.63) is 0 Å². The van der Waals surface area contributed by atoms with Crippen LogP contribution in [-0.4, -0.2) is 21.4 Å². The molecule has 0 aromatic carbocycles. The number of hydrogen-bond donors (Lipinski definition) is 0. The van der Waals surface area contributed by atoms with Crippen LogP contribution in [0.5, 0.6) is 0 Å². The molecule has 0 N–H and O–H groups in total. The van der Waals surface area contributed by atoms with E-state index >= 15 is 0 Å². The van der Waals surface area contributed by atoms with Gasteiger partial charge < -0.3 is 29.7 Å². The Morgan fingerprint density at radius 2 is 0.789 bits per heavy atom. The van der Waals surface area contributed by atoms with Gasteiger partial charge in [0, 0.05) is 17.9 Å². The van der Waals surface area contributed by atoms with Crippen LogP contribution >= 0.6 is 0 Å². The van der Waals surface area contributed by atoms with Gasteiger partial charge in [-0.25, -0.2) is 0 Å². The molecule has 0 heterocycles. The Labute approximate surface area is 127 Å². The summed E-state index contributed by atoms with van der Waals surface area (Å²) in [6, 6.07) is 0. The van der Waals surface area contributed by atoms with Crippen LogP contribution < -0.4 is 15.3 Å². The molecule has 0 amide bonds. The Morgan fingerprint density at radius 3 is 0.789 bits per heavy atom. The van der Waals surface area contributed by atoms with E-state index in [4.69, 9.17) is 29.7 Å². The molecular weight excluding hydrogens is 335 g/mol. The van der Waals surface area contributed by atoms with Gasteiger partial charge in [0.2, 0.25) is 0 Å². The Balaban J connectivity index is -0.0000000825. The van der Waals surface area contributed by atoms with E-state index in [-0.39, 0.29) is 5.41 Å². The van der Waals surface area contributed by atoms with E-state index in [0.29, 0.717) is 3.49 Å². The number of carbonyl (C=O) groups is 4. The molecule has 108 valence electrons. The Hall–Kier alpha value is -1.04. The van der Waals surface area contributed by atoms with Gasteiger partial charge in [-0.1, -0.05) is 0 Å². The summed E-state index contributed by atoms with van der Waals surface area (Å²) in [5, 5.41) is 26.7. The summed E-state index contributed by atoms with van der Waals surface area (Å²) < 4.78 is 0.333. The fourth-order valence-corrected chi connectivity index (χ4v) is 0. The summed E-state index contributed by atoms with van der Waals surface area (Å²) in [5.41, 5.74) is -0.0989. The van der Waals surface area contributed by atoms with Crippen molar-refractivity contribution in [3.63, 3.8) is 0 Å². The molecular formula is C11H18O7Zr. The van der Waals surface area contributed by atoms with Crippen LogP contribution in [-0.2, 0) is 43.9 Å². The summed E-state index contributed by atoms with van der Waals surface area (Å²) >= 11 is 1.01. The predicted octanol–water partition coefficient (Wildman–Crippen LogP) is -2.63. The molecule has 8 heteroatoms. The number of rotatable bonds is 0. The third-order valence-corrected chi connectivity index (χ3v) is 2.52. The first-order valence-corrected chi connectivity index (χ1v) is 6.16. The van der Waals surface area contributed by atoms with Gasteiger partial charge >= 0.3 is 59.2 Å². The second kappa shape index (κ2) is 15.0. The van der Waals surface area contributed by atoms with Crippen molar-refractivity contribution in [2.24, 2.45) is 5.41 Å². The maximum atomic E-state index is 10.5. The van der Waals surface area contributed by atoms with Crippen LogP contribution in [0.15, 0.2) is 0 Å². The number of aliphatic carboxylic acids is 3. The zero-order valence-electron chi connectivity index (χ0n) is 11.9. The van der Waals surface area contributed by atoms with E-state index in [2.05, 4.69) is 0 Å². The summed E-state index contributed by atoms with van der Waals surface area (Å²) in [7, 11) is 0. The van der Waals surface area contributed by atoms with Crippen LogP contribution in [0.1, 0.15) is 41.5 Å². The Bertz CT molecular complexity index is 251. The van der Waals surface area contributed by atoms with E-state index < -0.39 is 17.9 Å². The minimum atomic E-state index is -1.08. The molecule has 0 aromatic heterocycles. The molecule has 0 aliphatic carbocycles. The summed E-state index contributed by atoms with van der Waals surface area (Å²) in [6.45, 7) is 8.72. The molecule has 7 nitrogen and oxygen atoms in total. The second-order valence-corrected chi connectivity index (χ2v) is 5.17. The van der Waals surface area contributed by atoms with Gasteiger partial charge in [0.15, 0.2) is 0 Å². The number of carboxylic acids is 3. The van der Waals surface area contributed by atoms with Crippen LogP contribution in [0.3, 0.4) is 0 Å². The summed E-state index contributed by atoms with van der Waals surface area (Å²) in [6.07, 6.45) is 0. The molecule has 0 aliphatic rings. The zero-order chi connectivity index (χ0) is 16.8. The molecule has 19 heavy (non-hydrogen) atoms. The average Bonchev–Trinajstić information content (AvgIpc) is 1.96. The predicted molar refractivity (Wildman–Crippen MR) is 56.5 cm³/mol. The minimum absolute atomic E-state index is 0.0989. The molecule has 0 bridgehead atoms. The first-order valence-electron chi connectivity index (χ1n) is 4.93. The van der Waals surface area contributed by atoms with Crippen LogP contribution in [0, 0.1) is 5.41 Å². The van der Waals surface area contributed by atoms with Crippen molar-refractivity contribution < 1.29 is 59.2 Å². The van der Waals surface area contributed by atoms with E-state index in [1.165, 1.54) is 0 Å². The SMILES string of the molecule is CC(=O)[O-].CC(=O)[O-].CC(=O)[O-].CC(C)(C)[C](=O)[Zr+3]. The Morgan fingerprint density at radius 1 is 0.737 bits per heavy atom. The van der Waals surface area contributed by atoms with E-state index in [0.717, 1.165) is 45.5 Å². The van der Waals surface area contributed by atoms with Crippen molar-refractivity contribution in [3.8, 4) is 0 Å². The number of hydrogen-bond acceptors (Lipinski definition) is 7. The molecule has 0 unspecified atom stereocenters. The molecule has 0 atom stereocenters. The molecule has 0 saturated heterocycles. The van der Waals surface area contributed by atoms with Crippen molar-refractivity contribution in [2.75, 3.05) is 0 Å². The van der Waals surface area contributed by atoms with Gasteiger partial charge in [-0.05, 0) is 20.8 Å². The molecule has 0 spiro atoms. The van der Waals surface area contributed by atoms with Crippen molar-refractivity contribution in [1.29, 1.82) is 0 Å². The first kappa shape index (κ1) is 26.5. The second-order valence-electron chi connectivity index (χ2n) is 4.05. The third-order valence-electron chi connectivity index (χ3n) is 0.681. The standard InChI is InChI=1S/C5H9O.3C2H4O2.Zr/c1-5(2,3)4-6;3*1-2(3)4;/h1-3H3;3*1H3,(H,3,4);/q;;;;+3/p-3. The fraction of sp³-hybridized carbons (Fsp3) is 0.636.